The molecule has 3 rings (SSSR count). The van der Waals surface area contributed by atoms with Crippen LogP contribution in [0.5, 0.6) is 0 Å². The maximum Gasteiger partial charge on any atom is 0.270 e. The lowest BCUT2D eigenvalue weighted by molar-refractivity contribution is 0.0692. The number of ether oxygens (including phenoxy) is 1. The van der Waals surface area contributed by atoms with Gasteiger partial charge >= 0.3 is 0 Å². The highest BCUT2D eigenvalue weighted by Gasteiger charge is 2.29. The monoisotopic (exact) mass is 419 g/mol. The SMILES string of the molecule is COCCS(=O)(=O)N1CCN(C(=O)c2cc3oc(Br)cc3[nH]2)CC1. The highest BCUT2D eigenvalue weighted by Crippen LogP contribution is 2.24. The fourth-order valence-electron chi connectivity index (χ4n) is 2.66. The number of nitrogens with one attached hydrogen (secondary N) is 1. The van der Waals surface area contributed by atoms with Crippen LogP contribution in [0.25, 0.3) is 11.1 Å². The lowest BCUT2D eigenvalue weighted by Crippen LogP contribution is -2.51. The van der Waals surface area contributed by atoms with Gasteiger partial charge in [0.05, 0.1) is 17.9 Å². The summed E-state index contributed by atoms with van der Waals surface area (Å²) in [6.45, 7) is 1.46. The van der Waals surface area contributed by atoms with Crippen LogP contribution in [0.1, 0.15) is 10.5 Å². The summed E-state index contributed by atoms with van der Waals surface area (Å²) in [7, 11) is -1.86. The molecule has 10 heteroatoms. The highest BCUT2D eigenvalue weighted by atomic mass is 79.9. The van der Waals surface area contributed by atoms with E-state index in [4.69, 9.17) is 9.15 Å². The minimum absolute atomic E-state index is 0.0423. The lowest BCUT2D eigenvalue weighted by atomic mass is 10.3. The van der Waals surface area contributed by atoms with E-state index in [1.165, 1.54) is 11.4 Å². The molecular formula is C14H18BrN3O5S. The fourth-order valence-corrected chi connectivity index (χ4v) is 4.42. The van der Waals surface area contributed by atoms with Gasteiger partial charge in [-0.3, -0.25) is 4.79 Å². The number of hydrogen-bond donors (Lipinski definition) is 1. The highest BCUT2D eigenvalue weighted by molar-refractivity contribution is 9.10. The molecule has 132 valence electrons. The Morgan fingerprint density at radius 3 is 2.67 bits per heavy atom. The fraction of sp³-hybridized carbons (Fsp3) is 0.500. The number of aromatic amines is 1. The molecule has 0 aromatic carbocycles. The summed E-state index contributed by atoms with van der Waals surface area (Å²) in [6, 6.07) is 3.41. The molecule has 1 N–H and O–H groups in total. The zero-order chi connectivity index (χ0) is 17.3. The summed E-state index contributed by atoms with van der Waals surface area (Å²) in [6.07, 6.45) is 0. The van der Waals surface area contributed by atoms with Gasteiger partial charge < -0.3 is 19.0 Å². The molecule has 0 bridgehead atoms. The van der Waals surface area contributed by atoms with E-state index >= 15 is 0 Å². The van der Waals surface area contributed by atoms with Gasteiger partial charge in [-0.15, -0.1) is 0 Å². The van der Waals surface area contributed by atoms with E-state index in [1.807, 2.05) is 0 Å². The van der Waals surface area contributed by atoms with E-state index in [2.05, 4.69) is 20.9 Å². The van der Waals surface area contributed by atoms with Crippen LogP contribution in [-0.2, 0) is 14.8 Å². The average Bonchev–Trinajstić information content (AvgIpc) is 3.09. The van der Waals surface area contributed by atoms with Crippen molar-refractivity contribution in [3.8, 4) is 0 Å². The molecular weight excluding hydrogens is 402 g/mol. The third-order valence-corrected chi connectivity index (χ3v) is 6.20. The molecule has 1 saturated heterocycles. The summed E-state index contributed by atoms with van der Waals surface area (Å²) in [4.78, 5) is 17.2. The number of H-pyrrole nitrogens is 1. The van der Waals surface area contributed by atoms with Crippen LogP contribution in [-0.4, -0.2) is 74.2 Å². The first-order valence-corrected chi connectivity index (χ1v) is 9.85. The molecule has 24 heavy (non-hydrogen) atoms. The summed E-state index contributed by atoms with van der Waals surface area (Å²) in [5.74, 6) is -0.203. The Morgan fingerprint density at radius 2 is 2.04 bits per heavy atom. The Labute approximate surface area is 147 Å². The molecule has 0 spiro atoms. The zero-order valence-electron chi connectivity index (χ0n) is 13.1. The van der Waals surface area contributed by atoms with Crippen molar-refractivity contribution in [1.29, 1.82) is 0 Å². The lowest BCUT2D eigenvalue weighted by Gasteiger charge is -2.33. The molecule has 0 radical (unpaired) electrons. The Balaban J connectivity index is 1.63. The Kier molecular flexibility index (Phi) is 5.00. The minimum atomic E-state index is -3.33. The number of furan rings is 1. The number of methoxy groups -OCH3 is 1. The third-order valence-electron chi connectivity index (χ3n) is 3.97. The van der Waals surface area contributed by atoms with Crippen molar-refractivity contribution in [2.75, 3.05) is 45.6 Å². The van der Waals surface area contributed by atoms with Crippen LogP contribution < -0.4 is 0 Å². The van der Waals surface area contributed by atoms with Crippen LogP contribution in [0.3, 0.4) is 0 Å². The van der Waals surface area contributed by atoms with Gasteiger partial charge in [-0.1, -0.05) is 0 Å². The van der Waals surface area contributed by atoms with Gasteiger partial charge in [0.1, 0.15) is 5.69 Å². The predicted octanol–water partition coefficient (Wildman–Crippen LogP) is 1.26. The van der Waals surface area contributed by atoms with Gasteiger partial charge in [0, 0.05) is 45.4 Å². The first kappa shape index (κ1) is 17.5. The molecule has 0 aliphatic carbocycles. The largest absolute Gasteiger partial charge is 0.448 e. The van der Waals surface area contributed by atoms with Crippen LogP contribution in [0, 0.1) is 0 Å². The van der Waals surface area contributed by atoms with Crippen molar-refractivity contribution in [2.45, 2.75) is 0 Å². The number of aromatic nitrogens is 1. The van der Waals surface area contributed by atoms with Crippen molar-refractivity contribution >= 4 is 43.0 Å². The van der Waals surface area contributed by atoms with Gasteiger partial charge in [-0.2, -0.15) is 4.31 Å². The van der Waals surface area contributed by atoms with Gasteiger partial charge in [0.25, 0.3) is 5.91 Å². The molecule has 2 aromatic rings. The summed E-state index contributed by atoms with van der Waals surface area (Å²) < 4.78 is 36.5. The van der Waals surface area contributed by atoms with Crippen molar-refractivity contribution in [2.24, 2.45) is 0 Å². The number of fused-ring (bicyclic) bond motifs is 1. The maximum atomic E-state index is 12.5. The Bertz CT molecular complexity index is 804. The standard InChI is InChI=1S/C14H18BrN3O5S/c1-22-6-7-24(20,21)18-4-2-17(3-5-18)14(19)11-8-12-10(16-11)9-13(15)23-12/h8-9,16H,2-7H2,1H3. The number of nitrogens with zero attached hydrogens (tertiary/aromatic N) is 2. The first-order valence-electron chi connectivity index (χ1n) is 7.45. The van der Waals surface area contributed by atoms with Gasteiger partial charge in [0.15, 0.2) is 10.3 Å². The van der Waals surface area contributed by atoms with Crippen LogP contribution >= 0.6 is 15.9 Å². The number of piperazine rings is 1. The van der Waals surface area contributed by atoms with E-state index in [1.54, 1.807) is 17.0 Å². The number of hydrogen-bond acceptors (Lipinski definition) is 5. The smallest absolute Gasteiger partial charge is 0.270 e. The number of halogens is 1. The van der Waals surface area contributed by atoms with E-state index in [-0.39, 0.29) is 18.3 Å². The van der Waals surface area contributed by atoms with Crippen molar-refractivity contribution in [3.63, 3.8) is 0 Å². The topological polar surface area (TPSA) is 95.9 Å². The average molecular weight is 420 g/mol. The van der Waals surface area contributed by atoms with Crippen molar-refractivity contribution in [1.82, 2.24) is 14.2 Å². The van der Waals surface area contributed by atoms with Gasteiger partial charge in [-0.05, 0) is 15.9 Å². The number of amides is 1. The quantitative estimate of drug-likeness (QED) is 0.786. The molecule has 1 aliphatic rings. The molecule has 0 saturated carbocycles. The van der Waals surface area contributed by atoms with Gasteiger partial charge in [-0.25, -0.2) is 8.42 Å². The Morgan fingerprint density at radius 1 is 1.33 bits per heavy atom. The predicted molar refractivity (Wildman–Crippen MR) is 91.4 cm³/mol. The van der Waals surface area contributed by atoms with Crippen molar-refractivity contribution < 1.29 is 22.4 Å². The van der Waals surface area contributed by atoms with E-state index in [0.717, 1.165) is 5.52 Å². The summed E-state index contributed by atoms with van der Waals surface area (Å²) >= 11 is 3.23. The van der Waals surface area contributed by atoms with E-state index in [0.29, 0.717) is 42.1 Å². The van der Waals surface area contributed by atoms with Crippen molar-refractivity contribution in [3.05, 3.63) is 22.5 Å². The second-order valence-electron chi connectivity index (χ2n) is 5.51. The van der Waals surface area contributed by atoms with E-state index < -0.39 is 10.0 Å². The molecule has 1 amide bonds. The number of carbonyl (C=O) groups is 1. The summed E-state index contributed by atoms with van der Waals surface area (Å²) in [5, 5.41) is 0. The van der Waals surface area contributed by atoms with Crippen LogP contribution in [0.4, 0.5) is 0 Å². The minimum Gasteiger partial charge on any atom is -0.448 e. The molecule has 2 aromatic heterocycles. The second kappa shape index (κ2) is 6.87. The molecule has 0 atom stereocenters. The molecule has 1 aliphatic heterocycles. The normalized spacial score (nSPS) is 16.8. The number of carbonyl (C=O) groups excluding carboxylic acids is 1. The molecule has 8 nitrogen and oxygen atoms in total. The maximum absolute atomic E-state index is 12.5. The second-order valence-corrected chi connectivity index (χ2v) is 8.38. The molecule has 1 fully saturated rings. The number of rotatable bonds is 5. The zero-order valence-corrected chi connectivity index (χ0v) is 15.5. The number of sulfonamides is 1. The van der Waals surface area contributed by atoms with Gasteiger partial charge in [0.2, 0.25) is 10.0 Å². The summed E-state index contributed by atoms with van der Waals surface area (Å²) in [5.41, 5.74) is 1.78. The Hall–Kier alpha value is -1.36. The third kappa shape index (κ3) is 3.51. The van der Waals surface area contributed by atoms with E-state index in [9.17, 15) is 13.2 Å². The molecule has 0 unspecified atom stereocenters. The van der Waals surface area contributed by atoms with Crippen LogP contribution in [0.2, 0.25) is 0 Å². The first-order chi connectivity index (χ1) is 11.4. The van der Waals surface area contributed by atoms with Crippen LogP contribution in [0.15, 0.2) is 21.2 Å². The molecule has 3 heterocycles.